The number of imidazole rings is 1. The van der Waals surface area contributed by atoms with Crippen LogP contribution in [0.3, 0.4) is 0 Å². The summed E-state index contributed by atoms with van der Waals surface area (Å²) in [4.78, 5) is 53.1. The fourth-order valence-electron chi connectivity index (χ4n) is 2.75. The Hall–Kier alpha value is -2.94. The number of carbonyl (C=O) groups is 2. The van der Waals surface area contributed by atoms with Gasteiger partial charge in [0.1, 0.15) is 5.78 Å². The molecule has 0 saturated carbocycles. The van der Waals surface area contributed by atoms with Crippen molar-refractivity contribution in [3.63, 3.8) is 0 Å². The van der Waals surface area contributed by atoms with Crippen LogP contribution in [0.4, 0.5) is 0 Å². The van der Waals surface area contributed by atoms with Crippen molar-refractivity contribution < 1.29 is 9.59 Å². The van der Waals surface area contributed by atoms with Crippen LogP contribution in [0.15, 0.2) is 45.1 Å². The first-order valence-electron chi connectivity index (χ1n) is 8.18. The number of thioether (sulfide) groups is 1. The molecule has 0 atom stereocenters. The number of nitrogens with zero attached hydrogens (tertiary/aromatic N) is 4. The van der Waals surface area contributed by atoms with E-state index in [1.165, 1.54) is 30.3 Å². The Kier molecular flexibility index (Phi) is 5.13. The first-order chi connectivity index (χ1) is 12.8. The Morgan fingerprint density at radius 1 is 1.07 bits per heavy atom. The number of fused-ring (bicyclic) bond motifs is 1. The summed E-state index contributed by atoms with van der Waals surface area (Å²) in [6.45, 7) is 1.03. The third kappa shape index (κ3) is 3.50. The lowest BCUT2D eigenvalue weighted by Crippen LogP contribution is -2.40. The molecule has 0 fully saturated rings. The zero-order valence-corrected chi connectivity index (χ0v) is 15.9. The van der Waals surface area contributed by atoms with Crippen LogP contribution in [0.5, 0.6) is 0 Å². The molecular weight excluding hydrogens is 368 g/mol. The normalized spacial score (nSPS) is 11.1. The van der Waals surface area contributed by atoms with Crippen molar-refractivity contribution in [3.8, 4) is 0 Å². The molecule has 0 aliphatic heterocycles. The molecule has 2 heterocycles. The van der Waals surface area contributed by atoms with E-state index in [9.17, 15) is 19.2 Å². The molecule has 0 aliphatic rings. The van der Waals surface area contributed by atoms with Crippen molar-refractivity contribution in [3.05, 3.63) is 56.7 Å². The third-order valence-corrected chi connectivity index (χ3v) is 5.16. The number of carbonyl (C=O) groups excluding carboxylic acids is 2. The van der Waals surface area contributed by atoms with Crippen molar-refractivity contribution >= 4 is 34.5 Å². The van der Waals surface area contributed by atoms with E-state index in [0.717, 1.165) is 4.57 Å². The molecule has 0 unspecified atom stereocenters. The summed E-state index contributed by atoms with van der Waals surface area (Å²) in [6, 6.07) is 8.90. The van der Waals surface area contributed by atoms with E-state index >= 15 is 0 Å². The lowest BCUT2D eigenvalue weighted by atomic mass is 10.2. The third-order valence-electron chi connectivity index (χ3n) is 4.13. The first-order valence-corrected chi connectivity index (χ1v) is 9.16. The smallest absolute Gasteiger partial charge is 0.316 e. The molecule has 0 saturated heterocycles. The van der Waals surface area contributed by atoms with Crippen LogP contribution in [0.25, 0.3) is 11.2 Å². The van der Waals surface area contributed by atoms with Gasteiger partial charge in [-0.15, -0.1) is 0 Å². The molecule has 0 amide bonds. The van der Waals surface area contributed by atoms with E-state index in [0.29, 0.717) is 10.7 Å². The van der Waals surface area contributed by atoms with E-state index in [4.69, 9.17) is 0 Å². The molecule has 1 aromatic carbocycles. The fraction of sp³-hybridized carbons (Fsp3) is 0.278. The Labute approximate surface area is 158 Å². The van der Waals surface area contributed by atoms with Gasteiger partial charge in [0.15, 0.2) is 22.1 Å². The van der Waals surface area contributed by atoms with E-state index in [1.807, 2.05) is 6.07 Å². The number of aryl methyl sites for hydroxylation is 2. The lowest BCUT2D eigenvalue weighted by Gasteiger charge is -2.06. The Balaban J connectivity index is 2.00. The fourth-order valence-corrected chi connectivity index (χ4v) is 3.62. The van der Waals surface area contributed by atoms with Gasteiger partial charge in [-0.2, -0.15) is 0 Å². The molecule has 3 aromatic rings. The summed E-state index contributed by atoms with van der Waals surface area (Å²) in [7, 11) is 3.14. The number of hydrogen-bond acceptors (Lipinski definition) is 6. The Morgan fingerprint density at radius 3 is 2.37 bits per heavy atom. The maximum atomic E-state index is 12.7. The zero-order chi connectivity index (χ0) is 19.7. The quantitative estimate of drug-likeness (QED) is 0.463. The monoisotopic (exact) mass is 386 g/mol. The molecule has 2 aromatic heterocycles. The van der Waals surface area contributed by atoms with Crippen molar-refractivity contribution in [1.29, 1.82) is 0 Å². The van der Waals surface area contributed by atoms with Gasteiger partial charge in [-0.25, -0.2) is 9.78 Å². The predicted octanol–water partition coefficient (Wildman–Crippen LogP) is 0.998. The van der Waals surface area contributed by atoms with Gasteiger partial charge in [-0.1, -0.05) is 42.1 Å². The second-order valence-corrected chi connectivity index (χ2v) is 7.08. The van der Waals surface area contributed by atoms with E-state index < -0.39 is 11.2 Å². The minimum atomic E-state index is -0.599. The van der Waals surface area contributed by atoms with Crippen LogP contribution in [0.1, 0.15) is 17.3 Å². The van der Waals surface area contributed by atoms with Gasteiger partial charge in [0.25, 0.3) is 5.56 Å². The van der Waals surface area contributed by atoms with Crippen molar-refractivity contribution in [1.82, 2.24) is 18.7 Å². The molecule has 0 radical (unpaired) electrons. The van der Waals surface area contributed by atoms with E-state index in [1.54, 1.807) is 35.9 Å². The second-order valence-electron chi connectivity index (χ2n) is 6.14. The van der Waals surface area contributed by atoms with Gasteiger partial charge in [0, 0.05) is 19.7 Å². The average Bonchev–Trinajstić information content (AvgIpc) is 2.98. The van der Waals surface area contributed by atoms with Crippen molar-refractivity contribution in [2.24, 2.45) is 14.1 Å². The Morgan fingerprint density at radius 2 is 1.74 bits per heavy atom. The maximum Gasteiger partial charge on any atom is 0.332 e. The molecule has 27 heavy (non-hydrogen) atoms. The van der Waals surface area contributed by atoms with Gasteiger partial charge in [0.05, 0.1) is 12.3 Å². The standard InChI is InChI=1S/C18H18N4O4S/c1-11(23)9-22-16(25)14-15(21(3)18(22)26)19-17(20(14)2)27-10-13(24)12-7-5-4-6-8-12/h4-8H,9-10H2,1-3H3. The van der Waals surface area contributed by atoms with Crippen LogP contribution in [-0.4, -0.2) is 36.0 Å². The van der Waals surface area contributed by atoms with Crippen LogP contribution in [-0.2, 0) is 25.4 Å². The van der Waals surface area contributed by atoms with Gasteiger partial charge in [0.2, 0.25) is 0 Å². The van der Waals surface area contributed by atoms with Gasteiger partial charge >= 0.3 is 5.69 Å². The molecule has 0 bridgehead atoms. The molecule has 3 rings (SSSR count). The first kappa shape index (κ1) is 18.8. The SMILES string of the molecule is CC(=O)Cn1c(=O)c2c(nc(SCC(=O)c3ccccc3)n2C)n(C)c1=O. The van der Waals surface area contributed by atoms with Crippen LogP contribution < -0.4 is 11.2 Å². The average molecular weight is 386 g/mol. The van der Waals surface area contributed by atoms with Crippen LogP contribution in [0, 0.1) is 0 Å². The summed E-state index contributed by atoms with van der Waals surface area (Å²) in [5.74, 6) is -0.203. The molecule has 140 valence electrons. The second kappa shape index (κ2) is 7.36. The number of Topliss-reactive ketones (excluding diaryl/α,β-unsaturated/α-hetero) is 2. The topological polar surface area (TPSA) is 96.0 Å². The highest BCUT2D eigenvalue weighted by Crippen LogP contribution is 2.21. The van der Waals surface area contributed by atoms with Crippen LogP contribution >= 0.6 is 11.8 Å². The lowest BCUT2D eigenvalue weighted by molar-refractivity contribution is -0.117. The van der Waals surface area contributed by atoms with Gasteiger partial charge in [-0.3, -0.25) is 23.5 Å². The Bertz CT molecular complexity index is 1160. The van der Waals surface area contributed by atoms with Gasteiger partial charge < -0.3 is 4.57 Å². The van der Waals surface area contributed by atoms with Gasteiger partial charge in [-0.05, 0) is 6.92 Å². The summed E-state index contributed by atoms with van der Waals surface area (Å²) >= 11 is 1.19. The number of aromatic nitrogens is 4. The van der Waals surface area contributed by atoms with Crippen molar-refractivity contribution in [2.75, 3.05) is 5.75 Å². The number of rotatable bonds is 6. The molecule has 0 spiro atoms. The molecule has 9 heteroatoms. The largest absolute Gasteiger partial charge is 0.332 e. The molecule has 0 N–H and O–H groups in total. The predicted molar refractivity (Wildman–Crippen MR) is 102 cm³/mol. The highest BCUT2D eigenvalue weighted by molar-refractivity contribution is 7.99. The number of benzene rings is 1. The summed E-state index contributed by atoms with van der Waals surface area (Å²) < 4.78 is 3.69. The number of ketones is 2. The summed E-state index contributed by atoms with van der Waals surface area (Å²) in [5, 5.41) is 0.446. The highest BCUT2D eigenvalue weighted by Gasteiger charge is 2.20. The number of hydrogen-bond donors (Lipinski definition) is 0. The summed E-state index contributed by atoms with van der Waals surface area (Å²) in [6.07, 6.45) is 0. The highest BCUT2D eigenvalue weighted by atomic mass is 32.2. The minimum Gasteiger partial charge on any atom is -0.316 e. The van der Waals surface area contributed by atoms with Crippen molar-refractivity contribution in [2.45, 2.75) is 18.6 Å². The zero-order valence-electron chi connectivity index (χ0n) is 15.1. The molecule has 8 nitrogen and oxygen atoms in total. The maximum absolute atomic E-state index is 12.7. The molecule has 0 aliphatic carbocycles. The van der Waals surface area contributed by atoms with E-state index in [-0.39, 0.29) is 35.0 Å². The summed E-state index contributed by atoms with van der Waals surface area (Å²) in [5.41, 5.74) is -0.132. The minimum absolute atomic E-state index is 0.0597. The molecular formula is C18H18N4O4S. The van der Waals surface area contributed by atoms with Crippen LogP contribution in [0.2, 0.25) is 0 Å². The van der Waals surface area contributed by atoms with E-state index in [2.05, 4.69) is 4.98 Å².